The van der Waals surface area contributed by atoms with Crippen molar-refractivity contribution in [1.82, 2.24) is 4.90 Å². The summed E-state index contributed by atoms with van der Waals surface area (Å²) in [4.78, 5) is 40.3. The molecule has 2 unspecified atom stereocenters. The Hall–Kier alpha value is -3.15. The van der Waals surface area contributed by atoms with Crippen molar-refractivity contribution < 1.29 is 19.5 Å². The lowest BCUT2D eigenvalue weighted by atomic mass is 9.92. The third kappa shape index (κ3) is 4.06. The second kappa shape index (κ2) is 8.25. The first-order chi connectivity index (χ1) is 13.4. The Bertz CT molecular complexity index is 881. The van der Waals surface area contributed by atoms with E-state index in [1.54, 1.807) is 36.2 Å². The molecule has 1 fully saturated rings. The number of aliphatic carboxylic acids is 1. The first kappa shape index (κ1) is 19.6. The topological polar surface area (TPSA) is 77.9 Å². The number of carbonyl (C=O) groups excluding carboxylic acids is 2. The van der Waals surface area contributed by atoms with Gasteiger partial charge in [-0.25, -0.2) is 0 Å². The highest BCUT2D eigenvalue weighted by Gasteiger charge is 2.33. The Kier molecular flexibility index (Phi) is 5.78. The van der Waals surface area contributed by atoms with Crippen LogP contribution in [-0.4, -0.2) is 47.4 Å². The summed E-state index contributed by atoms with van der Waals surface area (Å²) in [5.41, 5.74) is 1.57. The van der Waals surface area contributed by atoms with Crippen molar-refractivity contribution in [1.29, 1.82) is 0 Å². The van der Waals surface area contributed by atoms with E-state index in [0.717, 1.165) is 5.69 Å². The van der Waals surface area contributed by atoms with Gasteiger partial charge in [0, 0.05) is 36.4 Å². The van der Waals surface area contributed by atoms with Gasteiger partial charge in [0.15, 0.2) is 0 Å². The second-order valence-corrected chi connectivity index (χ2v) is 7.20. The Labute approximate surface area is 164 Å². The van der Waals surface area contributed by atoms with Crippen molar-refractivity contribution in [3.63, 3.8) is 0 Å². The molecular weight excluding hydrogens is 356 g/mol. The molecule has 0 saturated carbocycles. The second-order valence-electron chi connectivity index (χ2n) is 7.20. The van der Waals surface area contributed by atoms with Crippen LogP contribution in [0.4, 0.5) is 5.69 Å². The third-order valence-corrected chi connectivity index (χ3v) is 5.30. The number of para-hydroxylation sites is 1. The highest BCUT2D eigenvalue weighted by atomic mass is 16.4. The number of carbonyl (C=O) groups is 3. The average molecular weight is 380 g/mol. The molecule has 0 aliphatic carbocycles. The van der Waals surface area contributed by atoms with E-state index in [0.29, 0.717) is 24.0 Å². The zero-order chi connectivity index (χ0) is 20.3. The molecule has 1 aliphatic rings. The van der Waals surface area contributed by atoms with E-state index < -0.39 is 11.9 Å². The number of hydrogen-bond acceptors (Lipinski definition) is 3. The van der Waals surface area contributed by atoms with Gasteiger partial charge in [-0.1, -0.05) is 24.3 Å². The van der Waals surface area contributed by atoms with Gasteiger partial charge in [0.2, 0.25) is 0 Å². The Balaban J connectivity index is 1.81. The van der Waals surface area contributed by atoms with Gasteiger partial charge in [0.05, 0.1) is 5.92 Å². The molecule has 2 amide bonds. The molecule has 0 bridgehead atoms. The zero-order valence-electron chi connectivity index (χ0n) is 16.0. The molecule has 28 heavy (non-hydrogen) atoms. The molecule has 3 rings (SSSR count). The van der Waals surface area contributed by atoms with Crippen LogP contribution in [0.3, 0.4) is 0 Å². The zero-order valence-corrected chi connectivity index (χ0v) is 16.0. The minimum Gasteiger partial charge on any atom is -0.481 e. The predicted molar refractivity (Wildman–Crippen MR) is 106 cm³/mol. The molecular formula is C22H24N2O4. The monoisotopic (exact) mass is 380 g/mol. The first-order valence-electron chi connectivity index (χ1n) is 9.35. The number of amides is 2. The smallest absolute Gasteiger partial charge is 0.308 e. The molecule has 1 aliphatic heterocycles. The summed E-state index contributed by atoms with van der Waals surface area (Å²) in [6.45, 7) is 2.12. The minimum absolute atomic E-state index is 0.0329. The van der Waals surface area contributed by atoms with Gasteiger partial charge >= 0.3 is 5.97 Å². The van der Waals surface area contributed by atoms with E-state index in [-0.39, 0.29) is 24.4 Å². The lowest BCUT2D eigenvalue weighted by Crippen LogP contribution is -2.47. The SMILES string of the molecule is CC1CCC(C(=O)O)CN1C(=O)c1cccc(C(=O)N(C)c2ccccc2)c1. The van der Waals surface area contributed by atoms with Crippen molar-refractivity contribution in [2.45, 2.75) is 25.8 Å². The van der Waals surface area contributed by atoms with Crippen LogP contribution in [0.25, 0.3) is 0 Å². The van der Waals surface area contributed by atoms with Crippen molar-refractivity contribution >= 4 is 23.5 Å². The van der Waals surface area contributed by atoms with E-state index in [1.165, 1.54) is 4.90 Å². The first-order valence-corrected chi connectivity index (χ1v) is 9.35. The van der Waals surface area contributed by atoms with Crippen LogP contribution in [0.5, 0.6) is 0 Å². The van der Waals surface area contributed by atoms with Gasteiger partial charge < -0.3 is 14.9 Å². The van der Waals surface area contributed by atoms with E-state index in [2.05, 4.69) is 0 Å². The van der Waals surface area contributed by atoms with Gasteiger partial charge in [-0.15, -0.1) is 0 Å². The quantitative estimate of drug-likeness (QED) is 0.883. The molecule has 6 heteroatoms. The lowest BCUT2D eigenvalue weighted by Gasteiger charge is -2.36. The summed E-state index contributed by atoms with van der Waals surface area (Å²) in [5, 5.41) is 9.29. The number of hydrogen-bond donors (Lipinski definition) is 1. The molecule has 1 heterocycles. The van der Waals surface area contributed by atoms with Gasteiger partial charge in [0.25, 0.3) is 11.8 Å². The summed E-state index contributed by atoms with van der Waals surface area (Å²) in [6, 6.07) is 15.9. The summed E-state index contributed by atoms with van der Waals surface area (Å²) < 4.78 is 0. The summed E-state index contributed by atoms with van der Waals surface area (Å²) in [5.74, 6) is -1.88. The number of anilines is 1. The van der Waals surface area contributed by atoms with E-state index in [1.807, 2.05) is 37.3 Å². The fourth-order valence-corrected chi connectivity index (χ4v) is 3.51. The molecule has 1 saturated heterocycles. The van der Waals surface area contributed by atoms with Crippen LogP contribution in [0.1, 0.15) is 40.5 Å². The fourth-order valence-electron chi connectivity index (χ4n) is 3.51. The number of carboxylic acid groups (broad SMARTS) is 1. The molecule has 2 aromatic rings. The Morgan fingerprint density at radius 2 is 1.68 bits per heavy atom. The highest BCUT2D eigenvalue weighted by Crippen LogP contribution is 2.24. The number of likely N-dealkylation sites (tertiary alicyclic amines) is 1. The van der Waals surface area contributed by atoms with E-state index >= 15 is 0 Å². The Morgan fingerprint density at radius 1 is 1.00 bits per heavy atom. The normalized spacial score (nSPS) is 19.1. The number of rotatable bonds is 4. The molecule has 6 nitrogen and oxygen atoms in total. The van der Waals surface area contributed by atoms with Crippen molar-refractivity contribution in [3.05, 3.63) is 65.7 Å². The number of nitrogens with zero attached hydrogens (tertiary/aromatic N) is 2. The van der Waals surface area contributed by atoms with Crippen molar-refractivity contribution in [3.8, 4) is 0 Å². The van der Waals surface area contributed by atoms with Crippen molar-refractivity contribution in [2.75, 3.05) is 18.5 Å². The van der Waals surface area contributed by atoms with Crippen LogP contribution in [0.15, 0.2) is 54.6 Å². The molecule has 0 radical (unpaired) electrons. The average Bonchev–Trinajstić information content (AvgIpc) is 2.73. The van der Waals surface area contributed by atoms with Crippen molar-refractivity contribution in [2.24, 2.45) is 5.92 Å². The number of piperidine rings is 1. The predicted octanol–water partition coefficient (Wildman–Crippen LogP) is 3.29. The van der Waals surface area contributed by atoms with Crippen LogP contribution in [0, 0.1) is 5.92 Å². The largest absolute Gasteiger partial charge is 0.481 e. The summed E-state index contributed by atoms with van der Waals surface area (Å²) in [6.07, 6.45) is 1.22. The standard InChI is InChI=1S/C22H24N2O4/c1-15-11-12-18(22(27)28)14-24(15)21(26)17-8-6-7-16(13-17)20(25)23(2)19-9-4-3-5-10-19/h3-10,13,15,18H,11-12,14H2,1-2H3,(H,27,28). The van der Waals surface area contributed by atoms with E-state index in [9.17, 15) is 19.5 Å². The van der Waals surface area contributed by atoms with Crippen LogP contribution < -0.4 is 4.90 Å². The van der Waals surface area contributed by atoms with Gasteiger partial charge in [0.1, 0.15) is 0 Å². The molecule has 1 N–H and O–H groups in total. The van der Waals surface area contributed by atoms with Gasteiger partial charge in [-0.3, -0.25) is 14.4 Å². The van der Waals surface area contributed by atoms with Gasteiger partial charge in [-0.05, 0) is 50.1 Å². The number of benzene rings is 2. The third-order valence-electron chi connectivity index (χ3n) is 5.30. The highest BCUT2D eigenvalue weighted by molar-refractivity contribution is 6.07. The fraction of sp³-hybridized carbons (Fsp3) is 0.318. The lowest BCUT2D eigenvalue weighted by molar-refractivity contribution is -0.143. The van der Waals surface area contributed by atoms with Crippen LogP contribution >= 0.6 is 0 Å². The molecule has 146 valence electrons. The van der Waals surface area contributed by atoms with Crippen LogP contribution in [0.2, 0.25) is 0 Å². The van der Waals surface area contributed by atoms with E-state index in [4.69, 9.17) is 0 Å². The molecule has 0 spiro atoms. The van der Waals surface area contributed by atoms with Crippen LogP contribution in [-0.2, 0) is 4.79 Å². The van der Waals surface area contributed by atoms with Gasteiger partial charge in [-0.2, -0.15) is 0 Å². The molecule has 2 aromatic carbocycles. The maximum atomic E-state index is 13.0. The maximum absolute atomic E-state index is 13.0. The summed E-state index contributed by atoms with van der Waals surface area (Å²) in [7, 11) is 1.69. The molecule has 2 atom stereocenters. The number of carboxylic acids is 1. The summed E-state index contributed by atoms with van der Waals surface area (Å²) >= 11 is 0. The minimum atomic E-state index is -0.877. The Morgan fingerprint density at radius 3 is 2.36 bits per heavy atom. The maximum Gasteiger partial charge on any atom is 0.308 e. The molecule has 0 aromatic heterocycles.